The van der Waals surface area contributed by atoms with E-state index in [1.165, 1.54) is 0 Å². The third kappa shape index (κ3) is 2.15. The van der Waals surface area contributed by atoms with Crippen LogP contribution in [0.5, 0.6) is 0 Å². The first-order chi connectivity index (χ1) is 5.36. The predicted molar refractivity (Wildman–Crippen MR) is 41.0 cm³/mol. The first-order valence-corrected chi connectivity index (χ1v) is 3.44. The fourth-order valence-corrected chi connectivity index (χ4v) is 0.861. The van der Waals surface area contributed by atoms with Gasteiger partial charge in [0, 0.05) is 6.42 Å². The number of halogens is 1. The molecule has 0 amide bonds. The average Bonchev–Trinajstić information content (AvgIpc) is 2.07. The highest BCUT2D eigenvalue weighted by atomic mass is 19.1. The van der Waals surface area contributed by atoms with E-state index in [9.17, 15) is 9.18 Å². The Balaban J connectivity index is 2.74. The van der Waals surface area contributed by atoms with Crippen molar-refractivity contribution in [3.63, 3.8) is 0 Å². The molecule has 0 saturated heterocycles. The van der Waals surface area contributed by atoms with Gasteiger partial charge in [0.25, 0.3) is 0 Å². The van der Waals surface area contributed by atoms with Crippen molar-refractivity contribution in [2.24, 2.45) is 0 Å². The Hall–Kier alpha value is -1.18. The molecule has 0 aliphatic carbocycles. The monoisotopic (exact) mass is 152 g/mol. The molecular weight excluding hydrogens is 143 g/mol. The highest BCUT2D eigenvalue weighted by Crippen LogP contribution is 2.05. The maximum absolute atomic E-state index is 12.0. The van der Waals surface area contributed by atoms with E-state index in [2.05, 4.69) is 0 Å². The fourth-order valence-electron chi connectivity index (χ4n) is 0.861. The third-order valence-electron chi connectivity index (χ3n) is 1.50. The number of carbonyl (C=O) groups excluding carboxylic acids is 1. The van der Waals surface area contributed by atoms with Crippen LogP contribution in [0.3, 0.4) is 0 Å². The van der Waals surface area contributed by atoms with Gasteiger partial charge < -0.3 is 4.79 Å². The summed E-state index contributed by atoms with van der Waals surface area (Å²) >= 11 is 0. The summed E-state index contributed by atoms with van der Waals surface area (Å²) in [5.74, 6) is 0. The van der Waals surface area contributed by atoms with Gasteiger partial charge in [-0.25, -0.2) is 4.39 Å². The van der Waals surface area contributed by atoms with Crippen LogP contribution in [0.1, 0.15) is 11.1 Å². The Morgan fingerprint density at radius 3 is 2.18 bits per heavy atom. The quantitative estimate of drug-likeness (QED) is 0.604. The molecule has 58 valence electrons. The minimum absolute atomic E-state index is 0.409. The summed E-state index contributed by atoms with van der Waals surface area (Å²) in [7, 11) is 0. The molecule has 0 spiro atoms. The molecule has 0 radical (unpaired) electrons. The molecule has 2 heteroatoms. The zero-order valence-electron chi connectivity index (χ0n) is 6.09. The molecule has 0 unspecified atom stereocenters. The van der Waals surface area contributed by atoms with Gasteiger partial charge >= 0.3 is 0 Å². The van der Waals surface area contributed by atoms with Crippen LogP contribution >= 0.6 is 0 Å². The number of benzene rings is 1. The number of alkyl halides is 1. The van der Waals surface area contributed by atoms with Crippen molar-refractivity contribution in [1.82, 2.24) is 0 Å². The smallest absolute Gasteiger partial charge is 0.124 e. The highest BCUT2D eigenvalue weighted by molar-refractivity contribution is 5.54. The first kappa shape index (κ1) is 7.92. The minimum atomic E-state index is -0.443. The molecule has 0 aliphatic rings. The largest absolute Gasteiger partial charge is 0.303 e. The molecular formula is C9H9FO. The van der Waals surface area contributed by atoms with E-state index in [4.69, 9.17) is 0 Å². The second-order valence-corrected chi connectivity index (χ2v) is 2.32. The van der Waals surface area contributed by atoms with Crippen LogP contribution in [0.4, 0.5) is 4.39 Å². The molecule has 0 fully saturated rings. The lowest BCUT2D eigenvalue weighted by atomic mass is 10.1. The van der Waals surface area contributed by atoms with Crippen LogP contribution in [0, 0.1) is 0 Å². The van der Waals surface area contributed by atoms with E-state index >= 15 is 0 Å². The lowest BCUT2D eigenvalue weighted by Gasteiger charge is -1.95. The molecule has 1 aromatic carbocycles. The summed E-state index contributed by atoms with van der Waals surface area (Å²) in [6.45, 7) is -0.443. The lowest BCUT2D eigenvalue weighted by molar-refractivity contribution is -0.107. The van der Waals surface area contributed by atoms with Crippen molar-refractivity contribution in [1.29, 1.82) is 0 Å². The minimum Gasteiger partial charge on any atom is -0.303 e. The summed E-state index contributed by atoms with van der Waals surface area (Å²) in [5, 5.41) is 0. The molecule has 1 aromatic rings. The Kier molecular flexibility index (Phi) is 2.78. The molecule has 0 N–H and O–H groups in total. The molecule has 0 heterocycles. The van der Waals surface area contributed by atoms with Gasteiger partial charge in [-0.15, -0.1) is 0 Å². The van der Waals surface area contributed by atoms with Crippen LogP contribution in [0.15, 0.2) is 24.3 Å². The zero-order chi connectivity index (χ0) is 8.10. The number of carbonyl (C=O) groups is 1. The second-order valence-electron chi connectivity index (χ2n) is 2.32. The summed E-state index contributed by atoms with van der Waals surface area (Å²) in [6, 6.07) is 6.92. The SMILES string of the molecule is O=CCc1ccc(CF)cc1. The van der Waals surface area contributed by atoms with Crippen molar-refractivity contribution in [3.05, 3.63) is 35.4 Å². The van der Waals surface area contributed by atoms with Crippen molar-refractivity contribution in [3.8, 4) is 0 Å². The van der Waals surface area contributed by atoms with Gasteiger partial charge in [-0.2, -0.15) is 0 Å². The van der Waals surface area contributed by atoms with Gasteiger partial charge in [0.2, 0.25) is 0 Å². The Morgan fingerprint density at radius 2 is 1.73 bits per heavy atom. The molecule has 0 aromatic heterocycles. The van der Waals surface area contributed by atoms with Gasteiger partial charge in [-0.1, -0.05) is 24.3 Å². The highest BCUT2D eigenvalue weighted by Gasteiger charge is 1.92. The van der Waals surface area contributed by atoms with Crippen LogP contribution in [0.25, 0.3) is 0 Å². The number of aldehydes is 1. The first-order valence-electron chi connectivity index (χ1n) is 3.44. The van der Waals surface area contributed by atoms with Crippen LogP contribution in [-0.4, -0.2) is 6.29 Å². The van der Waals surface area contributed by atoms with Crippen LogP contribution in [0.2, 0.25) is 0 Å². The van der Waals surface area contributed by atoms with Crippen molar-refractivity contribution >= 4 is 6.29 Å². The van der Waals surface area contributed by atoms with Gasteiger partial charge in [0.1, 0.15) is 13.0 Å². The Morgan fingerprint density at radius 1 is 1.18 bits per heavy atom. The van der Waals surface area contributed by atoms with E-state index in [0.717, 1.165) is 11.8 Å². The third-order valence-corrected chi connectivity index (χ3v) is 1.50. The van der Waals surface area contributed by atoms with E-state index in [-0.39, 0.29) is 0 Å². The molecule has 0 aliphatic heterocycles. The summed E-state index contributed by atoms with van der Waals surface area (Å²) in [5.41, 5.74) is 1.58. The van der Waals surface area contributed by atoms with Crippen molar-refractivity contribution in [2.45, 2.75) is 13.1 Å². The normalized spacial score (nSPS) is 9.55. The topological polar surface area (TPSA) is 17.1 Å². The van der Waals surface area contributed by atoms with E-state index in [0.29, 0.717) is 12.0 Å². The number of hydrogen-bond donors (Lipinski definition) is 0. The fraction of sp³-hybridized carbons (Fsp3) is 0.222. The predicted octanol–water partition coefficient (Wildman–Crippen LogP) is 1.90. The number of rotatable bonds is 3. The maximum Gasteiger partial charge on any atom is 0.124 e. The molecule has 11 heavy (non-hydrogen) atoms. The van der Waals surface area contributed by atoms with Crippen LogP contribution < -0.4 is 0 Å². The molecule has 0 atom stereocenters. The average molecular weight is 152 g/mol. The van der Waals surface area contributed by atoms with E-state index in [1.54, 1.807) is 24.3 Å². The molecule has 1 nitrogen and oxygen atoms in total. The lowest BCUT2D eigenvalue weighted by Crippen LogP contribution is -1.85. The van der Waals surface area contributed by atoms with Gasteiger partial charge in [0.05, 0.1) is 0 Å². The van der Waals surface area contributed by atoms with Crippen LogP contribution in [-0.2, 0) is 17.9 Å². The van der Waals surface area contributed by atoms with E-state index < -0.39 is 6.67 Å². The Bertz CT molecular complexity index is 228. The Labute approximate surface area is 64.9 Å². The molecule has 1 rings (SSSR count). The molecule has 0 bridgehead atoms. The van der Waals surface area contributed by atoms with Crippen molar-refractivity contribution in [2.75, 3.05) is 0 Å². The summed E-state index contributed by atoms with van der Waals surface area (Å²) in [4.78, 5) is 10.1. The van der Waals surface area contributed by atoms with Gasteiger partial charge in [0.15, 0.2) is 0 Å². The second kappa shape index (κ2) is 3.86. The standard InChI is InChI=1S/C9H9FO/c10-7-9-3-1-8(2-4-9)5-6-11/h1-4,6H,5,7H2. The zero-order valence-corrected chi connectivity index (χ0v) is 6.09. The van der Waals surface area contributed by atoms with Gasteiger partial charge in [-0.3, -0.25) is 0 Å². The number of hydrogen-bond acceptors (Lipinski definition) is 1. The van der Waals surface area contributed by atoms with Gasteiger partial charge in [-0.05, 0) is 11.1 Å². The van der Waals surface area contributed by atoms with E-state index in [1.807, 2.05) is 0 Å². The molecule has 0 saturated carbocycles. The van der Waals surface area contributed by atoms with Crippen molar-refractivity contribution < 1.29 is 9.18 Å². The summed E-state index contributed by atoms with van der Waals surface area (Å²) < 4.78 is 12.0. The maximum atomic E-state index is 12.0. The summed E-state index contributed by atoms with van der Waals surface area (Å²) in [6.07, 6.45) is 1.25.